The summed E-state index contributed by atoms with van der Waals surface area (Å²) in [5.74, 6) is -3.64. The molecule has 0 saturated heterocycles. The van der Waals surface area contributed by atoms with Crippen molar-refractivity contribution >= 4 is 17.5 Å². The van der Waals surface area contributed by atoms with Gasteiger partial charge < -0.3 is 10.1 Å². The van der Waals surface area contributed by atoms with E-state index in [2.05, 4.69) is 20.4 Å². The summed E-state index contributed by atoms with van der Waals surface area (Å²) in [7, 11) is 0. The zero-order valence-electron chi connectivity index (χ0n) is 23.4. The summed E-state index contributed by atoms with van der Waals surface area (Å²) in [5, 5.41) is 6.27. The zero-order chi connectivity index (χ0) is 30.4. The molecule has 3 aromatic heterocycles. The van der Waals surface area contributed by atoms with E-state index >= 15 is 0 Å². The van der Waals surface area contributed by atoms with Gasteiger partial charge in [-0.25, -0.2) is 22.8 Å². The molecule has 13 heteroatoms. The molecule has 0 atom stereocenters. The smallest absolute Gasteiger partial charge is 0.280 e. The van der Waals surface area contributed by atoms with Crippen molar-refractivity contribution in [2.75, 3.05) is 0 Å². The predicted octanol–water partition coefficient (Wildman–Crippen LogP) is 4.45. The van der Waals surface area contributed by atoms with E-state index in [1.807, 2.05) is 0 Å². The van der Waals surface area contributed by atoms with Crippen molar-refractivity contribution in [1.29, 1.82) is 0 Å². The molecule has 0 aliphatic heterocycles. The molecule has 4 rings (SSSR count). The molecule has 0 radical (unpaired) electrons. The van der Waals surface area contributed by atoms with E-state index in [0.29, 0.717) is 11.6 Å². The molecule has 1 amide bonds. The van der Waals surface area contributed by atoms with Crippen molar-refractivity contribution in [2.24, 2.45) is 0 Å². The Kier molecular flexibility index (Phi) is 6.77. The minimum atomic E-state index is -2.86. The summed E-state index contributed by atoms with van der Waals surface area (Å²) in [6.45, 7) is 4.71. The molecular formula is C26H24ClF3N6O3. The van der Waals surface area contributed by atoms with E-state index in [0.717, 1.165) is 27.6 Å². The number of ether oxygens (including phenoxy) is 1. The zero-order valence-corrected chi connectivity index (χ0v) is 22.2. The standard InChI is InChI=1S/C26H24ClF3N6O3/c1-13-10-31-21(35-11-19(30)23(34-35)26(4,5)33-15(3)37)9-20(13)36-14(2)32-24(22(27)25(36)38)39-12-16-6-7-17(28)8-18(16)29/h6-11H,12H2,1-5H3,(H,33,37)/i12D2. The molecule has 0 aliphatic carbocycles. The minimum Gasteiger partial charge on any atom is -0.471 e. The summed E-state index contributed by atoms with van der Waals surface area (Å²) >= 11 is 6.25. The van der Waals surface area contributed by atoms with Crippen molar-refractivity contribution in [3.05, 3.63) is 92.1 Å². The van der Waals surface area contributed by atoms with Gasteiger partial charge in [0.25, 0.3) is 5.56 Å². The van der Waals surface area contributed by atoms with Gasteiger partial charge in [0.1, 0.15) is 29.7 Å². The highest BCUT2D eigenvalue weighted by atomic mass is 35.5. The molecule has 1 aromatic carbocycles. The number of aromatic nitrogens is 5. The number of carbonyl (C=O) groups is 1. The van der Waals surface area contributed by atoms with Crippen LogP contribution in [-0.2, 0) is 16.9 Å². The molecule has 0 fully saturated rings. The Labute approximate surface area is 229 Å². The van der Waals surface area contributed by atoms with Gasteiger partial charge in [0.05, 0.1) is 20.2 Å². The Balaban J connectivity index is 1.75. The topological polar surface area (TPSA) is 104 Å². The Morgan fingerprint density at radius 3 is 2.59 bits per heavy atom. The summed E-state index contributed by atoms with van der Waals surface area (Å²) in [5.41, 5.74) is -1.88. The number of pyridine rings is 1. The molecule has 204 valence electrons. The highest BCUT2D eigenvalue weighted by Gasteiger charge is 2.29. The van der Waals surface area contributed by atoms with Gasteiger partial charge in [-0.2, -0.15) is 10.1 Å². The number of nitrogens with one attached hydrogen (secondary N) is 1. The van der Waals surface area contributed by atoms with Gasteiger partial charge in [-0.05, 0) is 45.4 Å². The third-order valence-corrected chi connectivity index (χ3v) is 5.96. The lowest BCUT2D eigenvalue weighted by atomic mass is 10.0. The van der Waals surface area contributed by atoms with E-state index in [9.17, 15) is 22.8 Å². The lowest BCUT2D eigenvalue weighted by Crippen LogP contribution is -2.40. The highest BCUT2D eigenvalue weighted by molar-refractivity contribution is 6.31. The van der Waals surface area contributed by atoms with Crippen molar-refractivity contribution in [2.45, 2.75) is 46.7 Å². The molecule has 3 heterocycles. The van der Waals surface area contributed by atoms with Gasteiger partial charge in [0, 0.05) is 30.8 Å². The fourth-order valence-corrected chi connectivity index (χ4v) is 4.04. The van der Waals surface area contributed by atoms with E-state index in [1.54, 1.807) is 20.8 Å². The molecule has 0 aliphatic rings. The number of rotatable bonds is 7. The maximum Gasteiger partial charge on any atom is 0.280 e. The number of halogens is 4. The first-order chi connectivity index (χ1) is 19.0. The molecule has 1 N–H and O–H groups in total. The number of aryl methyl sites for hydroxylation is 2. The normalized spacial score (nSPS) is 12.6. The van der Waals surface area contributed by atoms with E-state index in [4.69, 9.17) is 19.1 Å². The van der Waals surface area contributed by atoms with Crippen LogP contribution in [0.25, 0.3) is 11.5 Å². The first-order valence-corrected chi connectivity index (χ1v) is 11.8. The van der Waals surface area contributed by atoms with Gasteiger partial charge in [-0.1, -0.05) is 11.6 Å². The monoisotopic (exact) mass is 562 g/mol. The number of hydrogen-bond acceptors (Lipinski definition) is 6. The van der Waals surface area contributed by atoms with Crippen LogP contribution in [0.1, 0.15) is 46.2 Å². The van der Waals surface area contributed by atoms with E-state index in [1.165, 1.54) is 26.1 Å². The number of carbonyl (C=O) groups excluding carboxylic acids is 1. The SMILES string of the molecule is [2H]C([2H])(Oc1nc(C)n(-c2cc(-n3cc(F)c(C(C)(C)NC(C)=O)n3)ncc2C)c(=O)c1Cl)c1ccc(F)cc1F. The van der Waals surface area contributed by atoms with Gasteiger partial charge >= 0.3 is 0 Å². The van der Waals surface area contributed by atoms with Gasteiger partial charge in [0.2, 0.25) is 11.8 Å². The first kappa shape index (κ1) is 25.1. The largest absolute Gasteiger partial charge is 0.471 e. The fourth-order valence-electron chi connectivity index (χ4n) is 3.87. The number of benzene rings is 1. The molecule has 0 unspecified atom stereocenters. The van der Waals surface area contributed by atoms with Crippen LogP contribution in [0.15, 0.2) is 41.5 Å². The first-order valence-electron chi connectivity index (χ1n) is 12.5. The summed E-state index contributed by atoms with van der Waals surface area (Å²) in [6.07, 6.45) is 2.50. The molecule has 0 bridgehead atoms. The second-order valence-corrected chi connectivity index (χ2v) is 9.53. The Morgan fingerprint density at radius 1 is 1.21 bits per heavy atom. The Morgan fingerprint density at radius 2 is 1.92 bits per heavy atom. The summed E-state index contributed by atoms with van der Waals surface area (Å²) in [6, 6.07) is 3.66. The van der Waals surface area contributed by atoms with Crippen LogP contribution in [0, 0.1) is 31.3 Å². The van der Waals surface area contributed by atoms with Crippen LogP contribution in [0.3, 0.4) is 0 Å². The average molecular weight is 563 g/mol. The van der Waals surface area contributed by atoms with Crippen LogP contribution in [-0.4, -0.2) is 30.2 Å². The molecular weight excluding hydrogens is 537 g/mol. The Bertz CT molecular complexity index is 1740. The third-order valence-electron chi connectivity index (χ3n) is 5.64. The average Bonchev–Trinajstić information content (AvgIpc) is 3.25. The maximum absolute atomic E-state index is 14.8. The molecule has 0 saturated carbocycles. The van der Waals surface area contributed by atoms with Gasteiger partial charge in [-0.15, -0.1) is 0 Å². The predicted molar refractivity (Wildman–Crippen MR) is 137 cm³/mol. The minimum absolute atomic E-state index is 0.0177. The highest BCUT2D eigenvalue weighted by Crippen LogP contribution is 2.25. The Hall–Kier alpha value is -4.19. The van der Waals surface area contributed by atoms with E-state index < -0.39 is 51.6 Å². The summed E-state index contributed by atoms with van der Waals surface area (Å²) in [4.78, 5) is 33.3. The maximum atomic E-state index is 14.8. The molecule has 4 aromatic rings. The van der Waals surface area contributed by atoms with Gasteiger partial charge in [0.15, 0.2) is 16.7 Å². The van der Waals surface area contributed by atoms with Crippen molar-refractivity contribution in [3.63, 3.8) is 0 Å². The number of amides is 1. The number of nitrogens with zero attached hydrogens (tertiary/aromatic N) is 5. The lowest BCUT2D eigenvalue weighted by Gasteiger charge is -2.23. The second-order valence-electron chi connectivity index (χ2n) is 9.15. The second kappa shape index (κ2) is 10.5. The van der Waals surface area contributed by atoms with Gasteiger partial charge in [-0.3, -0.25) is 14.2 Å². The molecule has 39 heavy (non-hydrogen) atoms. The molecule has 9 nitrogen and oxygen atoms in total. The van der Waals surface area contributed by atoms with Crippen molar-refractivity contribution < 1.29 is 25.4 Å². The van der Waals surface area contributed by atoms with E-state index in [-0.39, 0.29) is 28.9 Å². The number of hydrogen-bond donors (Lipinski definition) is 1. The third kappa shape index (κ3) is 5.65. The molecule has 0 spiro atoms. The summed E-state index contributed by atoms with van der Waals surface area (Å²) < 4.78 is 66.1. The van der Waals surface area contributed by atoms with Crippen molar-refractivity contribution in [3.8, 4) is 17.4 Å². The van der Waals surface area contributed by atoms with Crippen LogP contribution in [0.4, 0.5) is 13.2 Å². The fraction of sp³-hybridized carbons (Fsp3) is 0.269. The van der Waals surface area contributed by atoms with Crippen LogP contribution in [0.2, 0.25) is 5.02 Å². The van der Waals surface area contributed by atoms with Crippen molar-refractivity contribution in [1.82, 2.24) is 29.6 Å². The van der Waals surface area contributed by atoms with Crippen LogP contribution in [0.5, 0.6) is 5.88 Å². The quantitative estimate of drug-likeness (QED) is 0.357. The van der Waals surface area contributed by atoms with Crippen LogP contribution >= 0.6 is 11.6 Å². The van der Waals surface area contributed by atoms with Crippen LogP contribution < -0.4 is 15.6 Å². The lowest BCUT2D eigenvalue weighted by molar-refractivity contribution is -0.120.